The maximum absolute atomic E-state index is 12.1. The van der Waals surface area contributed by atoms with Gasteiger partial charge in [-0.2, -0.15) is 0 Å². The van der Waals surface area contributed by atoms with E-state index in [0.717, 1.165) is 10.4 Å². The molecule has 0 radical (unpaired) electrons. The third-order valence-corrected chi connectivity index (χ3v) is 5.43. The van der Waals surface area contributed by atoms with Crippen molar-refractivity contribution in [3.05, 3.63) is 58.3 Å². The minimum absolute atomic E-state index is 0.0468. The molecule has 0 amide bonds. The summed E-state index contributed by atoms with van der Waals surface area (Å²) in [4.78, 5) is 0.977. The van der Waals surface area contributed by atoms with E-state index in [1.165, 1.54) is 11.3 Å². The molecule has 2 aromatic rings. The van der Waals surface area contributed by atoms with Gasteiger partial charge in [-0.3, -0.25) is 0 Å². The Morgan fingerprint density at radius 3 is 2.50 bits per heavy atom. The minimum Gasteiger partial charge on any atom is -0.212 e. The van der Waals surface area contributed by atoms with Crippen molar-refractivity contribution in [1.29, 1.82) is 0 Å². The van der Waals surface area contributed by atoms with Gasteiger partial charge in [-0.05, 0) is 23.4 Å². The highest BCUT2D eigenvalue weighted by atomic mass is 35.5. The van der Waals surface area contributed by atoms with Crippen LogP contribution in [0, 0.1) is 0 Å². The first kappa shape index (κ1) is 15.5. The standard InChI is InChI=1S/C14H16ClNO2S2/c15-9-5-11-20(17,18)16-14(13-8-4-10-19-13)12-6-2-1-3-7-12/h1-4,6-8,10,14,16H,5,9,11H2. The third-order valence-electron chi connectivity index (χ3n) is 2.80. The largest absolute Gasteiger partial charge is 0.212 e. The molecule has 1 aromatic heterocycles. The van der Waals surface area contributed by atoms with Gasteiger partial charge in [0.15, 0.2) is 0 Å². The first-order valence-electron chi connectivity index (χ1n) is 6.27. The lowest BCUT2D eigenvalue weighted by Crippen LogP contribution is -2.31. The lowest BCUT2D eigenvalue weighted by atomic mass is 10.1. The molecule has 0 saturated heterocycles. The van der Waals surface area contributed by atoms with Crippen LogP contribution in [0.1, 0.15) is 22.9 Å². The predicted molar refractivity (Wildman–Crippen MR) is 84.9 cm³/mol. The monoisotopic (exact) mass is 329 g/mol. The van der Waals surface area contributed by atoms with Gasteiger partial charge in [0.1, 0.15) is 0 Å². The lowest BCUT2D eigenvalue weighted by Gasteiger charge is -2.18. The van der Waals surface area contributed by atoms with Gasteiger partial charge in [-0.25, -0.2) is 13.1 Å². The average Bonchev–Trinajstić information content (AvgIpc) is 2.98. The summed E-state index contributed by atoms with van der Waals surface area (Å²) >= 11 is 7.11. The van der Waals surface area contributed by atoms with Crippen molar-refractivity contribution in [2.45, 2.75) is 12.5 Å². The van der Waals surface area contributed by atoms with Crippen LogP contribution in [0.2, 0.25) is 0 Å². The molecule has 0 bridgehead atoms. The number of halogens is 1. The molecule has 1 aromatic carbocycles. The normalized spacial score (nSPS) is 13.2. The predicted octanol–water partition coefficient (Wildman–Crippen LogP) is 3.39. The molecule has 3 nitrogen and oxygen atoms in total. The van der Waals surface area contributed by atoms with E-state index >= 15 is 0 Å². The van der Waals surface area contributed by atoms with Crippen molar-refractivity contribution in [2.75, 3.05) is 11.6 Å². The molecule has 108 valence electrons. The lowest BCUT2D eigenvalue weighted by molar-refractivity contribution is 0.572. The molecule has 1 atom stereocenters. The molecular formula is C14H16ClNO2S2. The highest BCUT2D eigenvalue weighted by Gasteiger charge is 2.21. The van der Waals surface area contributed by atoms with E-state index in [2.05, 4.69) is 4.72 Å². The van der Waals surface area contributed by atoms with Crippen molar-refractivity contribution in [1.82, 2.24) is 4.72 Å². The zero-order chi connectivity index (χ0) is 14.4. The van der Waals surface area contributed by atoms with E-state index in [0.29, 0.717) is 12.3 Å². The van der Waals surface area contributed by atoms with Crippen LogP contribution in [-0.4, -0.2) is 20.1 Å². The topological polar surface area (TPSA) is 46.2 Å². The first-order valence-corrected chi connectivity index (χ1v) is 9.33. The molecule has 0 aliphatic heterocycles. The molecule has 1 unspecified atom stereocenters. The number of benzene rings is 1. The summed E-state index contributed by atoms with van der Waals surface area (Å²) in [6.45, 7) is 0. The van der Waals surface area contributed by atoms with Gasteiger partial charge in [-0.1, -0.05) is 36.4 Å². The molecule has 0 aliphatic carbocycles. The Hall–Kier alpha value is -0.880. The molecule has 1 N–H and O–H groups in total. The summed E-state index contributed by atoms with van der Waals surface area (Å²) in [7, 11) is -3.34. The average molecular weight is 330 g/mol. The molecule has 0 aliphatic rings. The Balaban J connectivity index is 2.25. The Morgan fingerprint density at radius 1 is 1.15 bits per heavy atom. The van der Waals surface area contributed by atoms with Crippen LogP contribution in [0.4, 0.5) is 0 Å². The van der Waals surface area contributed by atoms with Gasteiger partial charge in [0, 0.05) is 10.8 Å². The van der Waals surface area contributed by atoms with Crippen LogP contribution in [0.3, 0.4) is 0 Å². The molecule has 0 saturated carbocycles. The van der Waals surface area contributed by atoms with Crippen LogP contribution in [0.15, 0.2) is 47.8 Å². The molecule has 2 rings (SSSR count). The number of alkyl halides is 1. The summed E-state index contributed by atoms with van der Waals surface area (Å²) in [5.74, 6) is 0.390. The van der Waals surface area contributed by atoms with Gasteiger partial charge < -0.3 is 0 Å². The minimum atomic E-state index is -3.34. The molecular weight excluding hydrogens is 314 g/mol. The fraction of sp³-hybridized carbons (Fsp3) is 0.286. The summed E-state index contributed by atoms with van der Waals surface area (Å²) in [6, 6.07) is 13.1. The quantitative estimate of drug-likeness (QED) is 0.791. The second kappa shape index (κ2) is 7.22. The highest BCUT2D eigenvalue weighted by molar-refractivity contribution is 7.89. The van der Waals surface area contributed by atoms with Crippen LogP contribution in [-0.2, 0) is 10.0 Å². The van der Waals surface area contributed by atoms with E-state index in [1.54, 1.807) is 0 Å². The maximum atomic E-state index is 12.1. The van der Waals surface area contributed by atoms with Crippen molar-refractivity contribution < 1.29 is 8.42 Å². The number of nitrogens with one attached hydrogen (secondary N) is 1. The molecule has 6 heteroatoms. The second-order valence-corrected chi connectivity index (χ2v) is 7.57. The van der Waals surface area contributed by atoms with Crippen LogP contribution < -0.4 is 4.72 Å². The van der Waals surface area contributed by atoms with E-state index in [4.69, 9.17) is 11.6 Å². The van der Waals surface area contributed by atoms with Gasteiger partial charge >= 0.3 is 0 Å². The molecule has 0 spiro atoms. The molecule has 0 fully saturated rings. The Morgan fingerprint density at radius 2 is 1.90 bits per heavy atom. The summed E-state index contributed by atoms with van der Waals surface area (Å²) < 4.78 is 27.0. The number of rotatable bonds is 7. The van der Waals surface area contributed by atoms with Crippen molar-refractivity contribution in [2.24, 2.45) is 0 Å². The Bertz CT molecular complexity index is 612. The molecule has 20 heavy (non-hydrogen) atoms. The number of thiophene rings is 1. The smallest absolute Gasteiger partial charge is 0.212 e. The fourth-order valence-electron chi connectivity index (χ4n) is 1.87. The number of hydrogen-bond acceptors (Lipinski definition) is 3. The van der Waals surface area contributed by atoms with E-state index < -0.39 is 10.0 Å². The van der Waals surface area contributed by atoms with E-state index in [-0.39, 0.29) is 11.8 Å². The van der Waals surface area contributed by atoms with E-state index in [9.17, 15) is 8.42 Å². The SMILES string of the molecule is O=S(=O)(CCCCl)NC(c1ccccc1)c1cccs1. The van der Waals surface area contributed by atoms with Gasteiger partial charge in [0.2, 0.25) is 10.0 Å². The Kier molecular flexibility index (Phi) is 5.60. The number of sulfonamides is 1. The zero-order valence-corrected chi connectivity index (χ0v) is 13.2. The van der Waals surface area contributed by atoms with Crippen molar-refractivity contribution in [3.63, 3.8) is 0 Å². The van der Waals surface area contributed by atoms with Crippen molar-refractivity contribution >= 4 is 33.0 Å². The van der Waals surface area contributed by atoms with Gasteiger partial charge in [-0.15, -0.1) is 22.9 Å². The highest BCUT2D eigenvalue weighted by Crippen LogP contribution is 2.26. The van der Waals surface area contributed by atoms with Crippen LogP contribution >= 0.6 is 22.9 Å². The number of hydrogen-bond donors (Lipinski definition) is 1. The van der Waals surface area contributed by atoms with E-state index in [1.807, 2.05) is 47.8 Å². The van der Waals surface area contributed by atoms with Crippen LogP contribution in [0.25, 0.3) is 0 Å². The second-order valence-electron chi connectivity index (χ2n) is 4.34. The van der Waals surface area contributed by atoms with Crippen LogP contribution in [0.5, 0.6) is 0 Å². The van der Waals surface area contributed by atoms with Crippen molar-refractivity contribution in [3.8, 4) is 0 Å². The Labute approximate surface area is 128 Å². The maximum Gasteiger partial charge on any atom is 0.212 e. The summed E-state index contributed by atoms with van der Waals surface area (Å²) in [5.41, 5.74) is 0.935. The first-order chi connectivity index (χ1) is 9.62. The third kappa shape index (κ3) is 4.31. The van der Waals surface area contributed by atoms with Gasteiger partial charge in [0.25, 0.3) is 0 Å². The fourth-order valence-corrected chi connectivity index (χ4v) is 4.31. The molecule has 1 heterocycles. The zero-order valence-electron chi connectivity index (χ0n) is 10.8. The van der Waals surface area contributed by atoms with Gasteiger partial charge in [0.05, 0.1) is 11.8 Å². The summed E-state index contributed by atoms with van der Waals surface area (Å²) in [6.07, 6.45) is 0.447. The summed E-state index contributed by atoms with van der Waals surface area (Å²) in [5, 5.41) is 1.94.